The van der Waals surface area contributed by atoms with E-state index in [-0.39, 0.29) is 6.42 Å². The van der Waals surface area contributed by atoms with Gasteiger partial charge in [0.2, 0.25) is 0 Å². The Labute approximate surface area is 115 Å². The molecule has 0 N–H and O–H groups in total. The van der Waals surface area contributed by atoms with E-state index >= 15 is 0 Å². The molecule has 0 amide bonds. The summed E-state index contributed by atoms with van der Waals surface area (Å²) in [5.41, 5.74) is -5.46. The molecule has 1 aliphatic rings. The minimum absolute atomic E-state index is 0.254. The van der Waals surface area contributed by atoms with E-state index in [1.165, 1.54) is 6.92 Å². The van der Waals surface area contributed by atoms with Gasteiger partial charge in [-0.1, -0.05) is 6.92 Å². The first-order valence-electron chi connectivity index (χ1n) is 4.78. The van der Waals surface area contributed by atoms with E-state index in [4.69, 9.17) is 0 Å². The molecule has 0 heterocycles. The van der Waals surface area contributed by atoms with Crippen LogP contribution in [-0.2, 0) is 0 Å². The largest absolute Gasteiger partial charge is 0.382 e. The Morgan fingerprint density at radius 2 is 1.11 bits per heavy atom. The summed E-state index contributed by atoms with van der Waals surface area (Å²) in [5, 5.41) is 0. The van der Waals surface area contributed by atoms with Crippen LogP contribution in [0.2, 0.25) is 0 Å². The van der Waals surface area contributed by atoms with Gasteiger partial charge in [-0.2, -0.15) is 35.1 Å². The van der Waals surface area contributed by atoms with E-state index in [1.54, 1.807) is 0 Å². The Bertz CT molecular complexity index is 386. The highest BCUT2D eigenvalue weighted by molar-refractivity contribution is 14.1. The smallest absolute Gasteiger partial charge is 0.225 e. The van der Waals surface area contributed by atoms with Crippen LogP contribution in [0, 0.1) is 0 Å². The van der Waals surface area contributed by atoms with Gasteiger partial charge in [-0.3, -0.25) is 0 Å². The van der Waals surface area contributed by atoms with E-state index in [9.17, 15) is 39.5 Å². The molecule has 0 aromatic carbocycles. The van der Waals surface area contributed by atoms with Crippen molar-refractivity contribution in [3.8, 4) is 0 Å². The second kappa shape index (κ2) is 4.17. The van der Waals surface area contributed by atoms with E-state index in [1.807, 2.05) is 0 Å². The van der Waals surface area contributed by atoms with Crippen molar-refractivity contribution in [2.45, 2.75) is 42.7 Å². The lowest BCUT2D eigenvalue weighted by molar-refractivity contribution is -0.303. The van der Waals surface area contributed by atoms with Crippen LogP contribution in [0.3, 0.4) is 0 Å². The second-order valence-electron chi connectivity index (χ2n) is 3.95. The van der Waals surface area contributed by atoms with Crippen molar-refractivity contribution in [2.24, 2.45) is 0 Å². The second-order valence-corrected chi connectivity index (χ2v) is 5.34. The molecule has 0 aromatic heterocycles. The van der Waals surface area contributed by atoms with Crippen LogP contribution in [0.4, 0.5) is 39.5 Å². The van der Waals surface area contributed by atoms with Crippen molar-refractivity contribution in [3.05, 3.63) is 9.66 Å². The number of hydrogen-bond acceptors (Lipinski definition) is 0. The van der Waals surface area contributed by atoms with Gasteiger partial charge in [0.1, 0.15) is 0 Å². The van der Waals surface area contributed by atoms with Crippen molar-refractivity contribution in [3.63, 3.8) is 0 Å². The molecule has 0 atom stereocenters. The zero-order valence-electron chi connectivity index (χ0n) is 9.06. The SMILES string of the molecule is CCC(I)=CC1(F)C(F)(F)C(F)(F)C(F)(F)C1(F)F. The van der Waals surface area contributed by atoms with Crippen molar-refractivity contribution in [1.82, 2.24) is 0 Å². The number of hydrogen-bond donors (Lipinski definition) is 0. The van der Waals surface area contributed by atoms with Crippen LogP contribution in [0.25, 0.3) is 0 Å². The van der Waals surface area contributed by atoms with Gasteiger partial charge in [0.05, 0.1) is 0 Å². The Morgan fingerprint density at radius 3 is 1.37 bits per heavy atom. The van der Waals surface area contributed by atoms with Gasteiger partial charge < -0.3 is 0 Å². The Morgan fingerprint density at radius 1 is 0.789 bits per heavy atom. The molecule has 1 aliphatic carbocycles. The third-order valence-electron chi connectivity index (χ3n) is 2.79. The summed E-state index contributed by atoms with van der Waals surface area (Å²) >= 11 is 1.13. The summed E-state index contributed by atoms with van der Waals surface area (Å²) in [6, 6.07) is 0. The van der Waals surface area contributed by atoms with Crippen LogP contribution in [0.15, 0.2) is 9.66 Å². The Kier molecular flexibility index (Phi) is 3.71. The Balaban J connectivity index is 3.65. The molecule has 0 nitrogen and oxygen atoms in total. The molecule has 1 saturated carbocycles. The molecule has 1 fully saturated rings. The van der Waals surface area contributed by atoms with Crippen molar-refractivity contribution < 1.29 is 39.5 Å². The molecule has 0 aromatic rings. The predicted molar refractivity (Wildman–Crippen MR) is 56.0 cm³/mol. The average molecular weight is 412 g/mol. The van der Waals surface area contributed by atoms with E-state index in [2.05, 4.69) is 0 Å². The fourth-order valence-electron chi connectivity index (χ4n) is 1.55. The first kappa shape index (κ1) is 16.9. The number of halogens is 10. The summed E-state index contributed by atoms with van der Waals surface area (Å²) in [4.78, 5) is 0. The normalized spacial score (nSPS) is 30.4. The zero-order valence-corrected chi connectivity index (χ0v) is 11.2. The van der Waals surface area contributed by atoms with Crippen LogP contribution >= 0.6 is 22.6 Å². The van der Waals surface area contributed by atoms with Crippen LogP contribution in [0.1, 0.15) is 13.3 Å². The fraction of sp³-hybridized carbons (Fsp3) is 0.778. The van der Waals surface area contributed by atoms with Gasteiger partial charge in [-0.25, -0.2) is 4.39 Å². The maximum atomic E-state index is 13.8. The molecule has 10 heteroatoms. The molecule has 0 bridgehead atoms. The maximum absolute atomic E-state index is 13.8. The first-order chi connectivity index (χ1) is 8.20. The molecule has 0 unspecified atom stereocenters. The highest BCUT2D eigenvalue weighted by Gasteiger charge is 3.00. The minimum atomic E-state index is -6.50. The van der Waals surface area contributed by atoms with E-state index < -0.39 is 39.0 Å². The number of alkyl halides is 9. The lowest BCUT2D eigenvalue weighted by Crippen LogP contribution is -2.53. The molecule has 1 rings (SSSR count). The molecule has 112 valence electrons. The molecule has 19 heavy (non-hydrogen) atoms. The summed E-state index contributed by atoms with van der Waals surface area (Å²) in [5.74, 6) is -25.5. The van der Waals surface area contributed by atoms with Crippen LogP contribution in [0.5, 0.6) is 0 Å². The van der Waals surface area contributed by atoms with Crippen molar-refractivity contribution in [2.75, 3.05) is 0 Å². The molecular weight excluding hydrogens is 406 g/mol. The van der Waals surface area contributed by atoms with Gasteiger partial charge >= 0.3 is 23.7 Å². The summed E-state index contributed by atoms with van der Waals surface area (Å²) in [7, 11) is 0. The number of rotatable bonds is 2. The van der Waals surface area contributed by atoms with Gasteiger partial charge in [-0.05, 0) is 38.7 Å². The zero-order chi connectivity index (χ0) is 15.5. The van der Waals surface area contributed by atoms with Gasteiger partial charge in [0.25, 0.3) is 5.67 Å². The highest BCUT2D eigenvalue weighted by Crippen LogP contribution is 2.69. The first-order valence-corrected chi connectivity index (χ1v) is 5.86. The quantitative estimate of drug-likeness (QED) is 0.444. The highest BCUT2D eigenvalue weighted by atomic mass is 127. The van der Waals surface area contributed by atoms with Crippen LogP contribution in [-0.4, -0.2) is 29.4 Å². The lowest BCUT2D eigenvalue weighted by Gasteiger charge is -2.28. The van der Waals surface area contributed by atoms with E-state index in [0.29, 0.717) is 0 Å². The van der Waals surface area contributed by atoms with Crippen LogP contribution < -0.4 is 0 Å². The fourth-order valence-corrected chi connectivity index (χ4v) is 1.98. The van der Waals surface area contributed by atoms with Gasteiger partial charge in [0.15, 0.2) is 0 Å². The third kappa shape index (κ3) is 1.67. The maximum Gasteiger partial charge on any atom is 0.382 e. The minimum Gasteiger partial charge on any atom is -0.225 e. The molecule has 0 saturated heterocycles. The predicted octanol–water partition coefficient (Wildman–Crippen LogP) is 4.98. The molecule has 0 aliphatic heterocycles. The molecular formula is C9H6F9I. The van der Waals surface area contributed by atoms with Crippen molar-refractivity contribution in [1.29, 1.82) is 0 Å². The summed E-state index contributed by atoms with van der Waals surface area (Å²) in [6.07, 6.45) is -0.808. The monoisotopic (exact) mass is 412 g/mol. The topological polar surface area (TPSA) is 0 Å². The van der Waals surface area contributed by atoms with Crippen molar-refractivity contribution >= 4 is 22.6 Å². The standard InChI is InChI=1S/C9H6F9I/c1-2-4(19)3-5(10)6(11,12)8(15,16)9(17,18)7(5,13)14/h3H,2H2,1H3. The lowest BCUT2D eigenvalue weighted by atomic mass is 9.96. The average Bonchev–Trinajstić information content (AvgIpc) is 2.30. The molecule has 0 spiro atoms. The van der Waals surface area contributed by atoms with Gasteiger partial charge in [0, 0.05) is 0 Å². The number of allylic oxidation sites excluding steroid dienone is 2. The molecule has 0 radical (unpaired) electrons. The summed E-state index contributed by atoms with van der Waals surface area (Å²) < 4.78 is 117. The van der Waals surface area contributed by atoms with Gasteiger partial charge in [-0.15, -0.1) is 0 Å². The van der Waals surface area contributed by atoms with E-state index in [0.717, 1.165) is 22.6 Å². The Hall–Kier alpha value is -0.160. The third-order valence-corrected chi connectivity index (χ3v) is 3.86. The summed E-state index contributed by atoms with van der Waals surface area (Å²) in [6.45, 7) is 1.23.